The van der Waals surface area contributed by atoms with E-state index in [-0.39, 0.29) is 30.9 Å². The van der Waals surface area contributed by atoms with Crippen LogP contribution in [0.1, 0.15) is 23.1 Å². The lowest BCUT2D eigenvalue weighted by atomic mass is 10.0. The van der Waals surface area contributed by atoms with Gasteiger partial charge in [0.05, 0.1) is 51.4 Å². The predicted octanol–water partition coefficient (Wildman–Crippen LogP) is 4.11. The van der Waals surface area contributed by atoms with Crippen molar-refractivity contribution in [3.8, 4) is 0 Å². The topological polar surface area (TPSA) is 83.5 Å². The second-order valence-electron chi connectivity index (χ2n) is 9.97. The van der Waals surface area contributed by atoms with Crippen LogP contribution in [0.4, 0.5) is 0 Å². The highest BCUT2D eigenvalue weighted by molar-refractivity contribution is 7.85. The third-order valence-corrected chi connectivity index (χ3v) is 7.51. The van der Waals surface area contributed by atoms with Gasteiger partial charge in [-0.1, -0.05) is 91.0 Å². The Labute approximate surface area is 230 Å². The van der Waals surface area contributed by atoms with E-state index in [2.05, 4.69) is 0 Å². The van der Waals surface area contributed by atoms with Crippen molar-refractivity contribution in [1.82, 2.24) is 5.06 Å². The molecule has 0 bridgehead atoms. The number of ether oxygens (including phenoxy) is 3. The minimum atomic E-state index is -3.58. The largest absolute Gasteiger partial charge is 0.375 e. The van der Waals surface area contributed by atoms with E-state index in [9.17, 15) is 8.42 Å². The molecule has 0 amide bonds. The molecule has 9 heteroatoms. The highest BCUT2D eigenvalue weighted by atomic mass is 32.2. The molecule has 3 aromatic rings. The number of rotatable bonds is 13. The van der Waals surface area contributed by atoms with Crippen LogP contribution >= 0.6 is 0 Å². The van der Waals surface area contributed by atoms with Gasteiger partial charge in [0.1, 0.15) is 18.3 Å². The van der Waals surface area contributed by atoms with Crippen LogP contribution in [0.25, 0.3) is 0 Å². The third kappa shape index (κ3) is 7.73. The van der Waals surface area contributed by atoms with Crippen LogP contribution in [0, 0.1) is 0 Å². The third-order valence-electron chi connectivity index (χ3n) is 6.95. The standard InChI is InChI=1S/C30H35NO7S/c1-39(32,33)37-21-26-17-27-29(35-19-24-13-7-3-8-14-24)30(36-20-25-15-9-4-10-16-25)28(31(27)38-26)22-34-18-23-11-5-2-6-12-23/h2-16,26-30H,17-22H2,1H3/t26-,27+,28+,29+,30+/m1/s1. The lowest BCUT2D eigenvalue weighted by molar-refractivity contribution is -0.200. The van der Waals surface area contributed by atoms with E-state index in [1.54, 1.807) is 0 Å². The van der Waals surface area contributed by atoms with Gasteiger partial charge in [0.15, 0.2) is 0 Å². The molecule has 2 saturated heterocycles. The van der Waals surface area contributed by atoms with E-state index in [4.69, 9.17) is 23.2 Å². The molecule has 2 fully saturated rings. The van der Waals surface area contributed by atoms with Crippen molar-refractivity contribution in [1.29, 1.82) is 0 Å². The van der Waals surface area contributed by atoms with Crippen molar-refractivity contribution < 1.29 is 31.6 Å². The summed E-state index contributed by atoms with van der Waals surface area (Å²) in [4.78, 5) is 6.26. The first kappa shape index (κ1) is 27.9. The van der Waals surface area contributed by atoms with Crippen LogP contribution in [0.2, 0.25) is 0 Å². The fraction of sp³-hybridized carbons (Fsp3) is 0.400. The normalized spacial score (nSPS) is 25.1. The number of hydroxylamine groups is 2. The zero-order valence-corrected chi connectivity index (χ0v) is 22.8. The van der Waals surface area contributed by atoms with Crippen LogP contribution < -0.4 is 0 Å². The molecule has 8 nitrogen and oxygen atoms in total. The molecule has 0 aliphatic carbocycles. The van der Waals surface area contributed by atoms with Gasteiger partial charge in [-0.2, -0.15) is 13.5 Å². The lowest BCUT2D eigenvalue weighted by Gasteiger charge is -2.28. The maximum atomic E-state index is 11.6. The molecule has 3 aromatic carbocycles. The highest BCUT2D eigenvalue weighted by Crippen LogP contribution is 2.39. The molecule has 5 atom stereocenters. The van der Waals surface area contributed by atoms with Crippen LogP contribution in [0.3, 0.4) is 0 Å². The summed E-state index contributed by atoms with van der Waals surface area (Å²) in [7, 11) is -3.58. The number of nitrogens with zero attached hydrogens (tertiary/aromatic N) is 1. The summed E-state index contributed by atoms with van der Waals surface area (Å²) in [5, 5.41) is 1.90. The van der Waals surface area contributed by atoms with E-state index in [0.29, 0.717) is 32.8 Å². The number of hydrogen-bond acceptors (Lipinski definition) is 8. The second-order valence-corrected chi connectivity index (χ2v) is 11.6. The summed E-state index contributed by atoms with van der Waals surface area (Å²) in [6.45, 7) is 1.60. The molecule has 2 aliphatic rings. The Hall–Kier alpha value is -2.63. The Balaban J connectivity index is 1.35. The van der Waals surface area contributed by atoms with E-state index in [1.165, 1.54) is 0 Å². The van der Waals surface area contributed by atoms with Crippen LogP contribution in [-0.4, -0.2) is 63.3 Å². The smallest absolute Gasteiger partial charge is 0.264 e. The summed E-state index contributed by atoms with van der Waals surface area (Å²) in [6, 6.07) is 29.6. The van der Waals surface area contributed by atoms with E-state index in [1.807, 2.05) is 96.1 Å². The molecule has 2 aliphatic heterocycles. The lowest BCUT2D eigenvalue weighted by Crippen LogP contribution is -2.42. The molecule has 0 spiro atoms. The van der Waals surface area contributed by atoms with Gasteiger partial charge in [0.25, 0.3) is 10.1 Å². The van der Waals surface area contributed by atoms with Crippen LogP contribution in [0.5, 0.6) is 0 Å². The Morgan fingerprint density at radius 2 is 1.26 bits per heavy atom. The van der Waals surface area contributed by atoms with Gasteiger partial charge in [-0.25, -0.2) is 0 Å². The maximum absolute atomic E-state index is 11.6. The highest BCUT2D eigenvalue weighted by Gasteiger charge is 2.56. The molecule has 0 N–H and O–H groups in total. The van der Waals surface area contributed by atoms with Crippen molar-refractivity contribution in [2.45, 2.75) is 56.6 Å². The number of fused-ring (bicyclic) bond motifs is 1. The molecule has 0 radical (unpaired) electrons. The first-order chi connectivity index (χ1) is 19.0. The monoisotopic (exact) mass is 553 g/mol. The Kier molecular flexibility index (Phi) is 9.41. The van der Waals surface area contributed by atoms with E-state index >= 15 is 0 Å². The van der Waals surface area contributed by atoms with Crippen molar-refractivity contribution in [2.75, 3.05) is 19.5 Å². The van der Waals surface area contributed by atoms with E-state index in [0.717, 1.165) is 22.9 Å². The van der Waals surface area contributed by atoms with Crippen LogP contribution in [0.15, 0.2) is 91.0 Å². The first-order valence-corrected chi connectivity index (χ1v) is 15.0. The predicted molar refractivity (Wildman–Crippen MR) is 146 cm³/mol. The molecule has 5 rings (SSSR count). The molecule has 0 unspecified atom stereocenters. The summed E-state index contributed by atoms with van der Waals surface area (Å²) < 4.78 is 47.5. The van der Waals surface area contributed by atoms with Gasteiger partial charge in [-0.3, -0.25) is 9.02 Å². The maximum Gasteiger partial charge on any atom is 0.264 e. The number of benzene rings is 3. The molecule has 0 aromatic heterocycles. The molecule has 39 heavy (non-hydrogen) atoms. The van der Waals surface area contributed by atoms with Gasteiger partial charge in [0.2, 0.25) is 0 Å². The average Bonchev–Trinajstić information content (AvgIpc) is 3.48. The zero-order valence-electron chi connectivity index (χ0n) is 22.0. The SMILES string of the molecule is CS(=O)(=O)OC[C@H]1C[C@H]2[C@H](OCc3ccccc3)[C@@H](OCc3ccccc3)[C@H](COCc3ccccc3)N2O1. The fourth-order valence-electron chi connectivity index (χ4n) is 5.14. The van der Waals surface area contributed by atoms with Crippen molar-refractivity contribution >= 4 is 10.1 Å². The average molecular weight is 554 g/mol. The summed E-state index contributed by atoms with van der Waals surface area (Å²) >= 11 is 0. The Bertz CT molecular complexity index is 1260. The summed E-state index contributed by atoms with van der Waals surface area (Å²) in [6.07, 6.45) is 0.533. The zero-order chi connectivity index (χ0) is 27.1. The molecule has 2 heterocycles. The minimum Gasteiger partial charge on any atom is -0.375 e. The Morgan fingerprint density at radius 1 is 0.744 bits per heavy atom. The van der Waals surface area contributed by atoms with Gasteiger partial charge in [-0.15, -0.1) is 0 Å². The van der Waals surface area contributed by atoms with Crippen LogP contribution in [-0.2, 0) is 53.2 Å². The minimum absolute atomic E-state index is 0.0512. The first-order valence-electron chi connectivity index (χ1n) is 13.2. The summed E-state index contributed by atoms with van der Waals surface area (Å²) in [5.41, 5.74) is 3.20. The fourth-order valence-corrected chi connectivity index (χ4v) is 5.53. The van der Waals surface area contributed by atoms with Crippen molar-refractivity contribution in [3.05, 3.63) is 108 Å². The van der Waals surface area contributed by atoms with Gasteiger partial charge in [0, 0.05) is 0 Å². The molecule has 0 saturated carbocycles. The summed E-state index contributed by atoms with van der Waals surface area (Å²) in [5.74, 6) is 0. The van der Waals surface area contributed by atoms with Gasteiger partial charge < -0.3 is 14.2 Å². The van der Waals surface area contributed by atoms with Crippen molar-refractivity contribution in [2.24, 2.45) is 0 Å². The van der Waals surface area contributed by atoms with E-state index < -0.39 is 16.2 Å². The van der Waals surface area contributed by atoms with Gasteiger partial charge >= 0.3 is 0 Å². The molecular weight excluding hydrogens is 518 g/mol. The van der Waals surface area contributed by atoms with Gasteiger partial charge in [-0.05, 0) is 23.1 Å². The van der Waals surface area contributed by atoms with Crippen molar-refractivity contribution in [3.63, 3.8) is 0 Å². The quantitative estimate of drug-likeness (QED) is 0.293. The molecule has 208 valence electrons. The number of hydrogen-bond donors (Lipinski definition) is 0. The Morgan fingerprint density at radius 3 is 1.79 bits per heavy atom. The molecular formula is C30H35NO7S. The second kappa shape index (κ2) is 13.1.